The van der Waals surface area contributed by atoms with Crippen LogP contribution in [0.4, 0.5) is 4.39 Å². The average molecular weight is 260 g/mol. The van der Waals surface area contributed by atoms with Crippen LogP contribution in [0.1, 0.15) is 38.3 Å². The molecule has 0 radical (unpaired) electrons. The molecule has 0 aliphatic carbocycles. The summed E-state index contributed by atoms with van der Waals surface area (Å²) in [7, 11) is 0. The number of hydrogen-bond acceptors (Lipinski definition) is 2. The first-order valence-corrected chi connectivity index (χ1v) is 6.66. The minimum absolute atomic E-state index is 0.0966. The molecule has 102 valence electrons. The third-order valence-electron chi connectivity index (χ3n) is 2.84. The molecular formula is C16H21FN2. The average Bonchev–Trinajstić information content (AvgIpc) is 2.39. The normalized spacial score (nSPS) is 11.7. The molecule has 1 rings (SSSR count). The highest BCUT2D eigenvalue weighted by molar-refractivity contribution is 5.55. The van der Waals surface area contributed by atoms with Crippen molar-refractivity contribution < 1.29 is 4.39 Å². The van der Waals surface area contributed by atoms with Crippen LogP contribution in [0.2, 0.25) is 0 Å². The number of halogens is 1. The number of nitrogens with one attached hydrogen (secondary N) is 1. The first-order chi connectivity index (χ1) is 9.06. The van der Waals surface area contributed by atoms with Gasteiger partial charge in [0.15, 0.2) is 0 Å². The van der Waals surface area contributed by atoms with Gasteiger partial charge in [-0.2, -0.15) is 5.26 Å². The minimum Gasteiger partial charge on any atom is -0.313 e. The maximum atomic E-state index is 13.2. The molecule has 3 heteroatoms. The van der Waals surface area contributed by atoms with Crippen molar-refractivity contribution in [3.63, 3.8) is 0 Å². The summed E-state index contributed by atoms with van der Waals surface area (Å²) in [5, 5.41) is 12.2. The van der Waals surface area contributed by atoms with Gasteiger partial charge in [0.2, 0.25) is 0 Å². The fraction of sp³-hybridized carbons (Fsp3) is 0.438. The lowest BCUT2D eigenvalue weighted by Crippen LogP contribution is -2.21. The minimum atomic E-state index is -0.462. The number of nitriles is 1. The third-order valence-corrected chi connectivity index (χ3v) is 2.84. The molecule has 0 amide bonds. The van der Waals surface area contributed by atoms with Crippen molar-refractivity contribution in [3.05, 3.63) is 40.7 Å². The Morgan fingerprint density at radius 2 is 2.21 bits per heavy atom. The van der Waals surface area contributed by atoms with E-state index in [2.05, 4.69) is 26.1 Å². The van der Waals surface area contributed by atoms with Crippen LogP contribution >= 0.6 is 0 Å². The van der Waals surface area contributed by atoms with Crippen molar-refractivity contribution in [1.29, 1.82) is 5.26 Å². The van der Waals surface area contributed by atoms with Gasteiger partial charge in [0.1, 0.15) is 11.9 Å². The smallest absolute Gasteiger partial charge is 0.140 e. The Labute approximate surface area is 114 Å². The van der Waals surface area contributed by atoms with Gasteiger partial charge in [-0.3, -0.25) is 0 Å². The lowest BCUT2D eigenvalue weighted by Gasteiger charge is -2.09. The molecule has 0 saturated heterocycles. The third kappa shape index (κ3) is 5.23. The molecule has 0 bridgehead atoms. The van der Waals surface area contributed by atoms with Gasteiger partial charge >= 0.3 is 0 Å². The molecule has 19 heavy (non-hydrogen) atoms. The molecule has 0 fully saturated rings. The van der Waals surface area contributed by atoms with Crippen molar-refractivity contribution in [3.8, 4) is 6.07 Å². The topological polar surface area (TPSA) is 35.8 Å². The van der Waals surface area contributed by atoms with Gasteiger partial charge in [-0.05, 0) is 36.6 Å². The molecule has 0 unspecified atom stereocenters. The van der Waals surface area contributed by atoms with Crippen molar-refractivity contribution in [2.45, 2.75) is 27.2 Å². The molecule has 2 nitrogen and oxygen atoms in total. The van der Waals surface area contributed by atoms with Crippen LogP contribution in [0.5, 0.6) is 0 Å². The van der Waals surface area contributed by atoms with Crippen molar-refractivity contribution >= 4 is 6.08 Å². The maximum Gasteiger partial charge on any atom is 0.140 e. The molecule has 1 aromatic rings. The van der Waals surface area contributed by atoms with E-state index in [1.807, 2.05) is 12.1 Å². The van der Waals surface area contributed by atoms with Gasteiger partial charge in [0.05, 0.1) is 5.56 Å². The lowest BCUT2D eigenvalue weighted by molar-refractivity contribution is 0.569. The van der Waals surface area contributed by atoms with E-state index < -0.39 is 5.82 Å². The summed E-state index contributed by atoms with van der Waals surface area (Å²) >= 11 is 0. The summed E-state index contributed by atoms with van der Waals surface area (Å²) in [6.45, 7) is 8.23. The number of nitrogens with zero attached hydrogens (tertiary/aromatic N) is 1. The molecule has 0 spiro atoms. The van der Waals surface area contributed by atoms with Crippen LogP contribution in [0.3, 0.4) is 0 Å². The van der Waals surface area contributed by atoms with E-state index in [4.69, 9.17) is 5.26 Å². The zero-order valence-electron chi connectivity index (χ0n) is 11.8. The Bertz CT molecular complexity index is 484. The Kier molecular flexibility index (Phi) is 6.24. The Balaban J connectivity index is 2.77. The first kappa shape index (κ1) is 15.4. The summed E-state index contributed by atoms with van der Waals surface area (Å²) in [5.74, 6) is 0.157. The largest absolute Gasteiger partial charge is 0.313 e. The van der Waals surface area contributed by atoms with Crippen LogP contribution in [-0.2, 0) is 0 Å². The van der Waals surface area contributed by atoms with E-state index >= 15 is 0 Å². The second kappa shape index (κ2) is 7.70. The molecule has 0 atom stereocenters. The highest BCUT2D eigenvalue weighted by Gasteiger charge is 2.02. The van der Waals surface area contributed by atoms with Gasteiger partial charge in [-0.15, -0.1) is 0 Å². The highest BCUT2D eigenvalue weighted by atomic mass is 19.1. The molecule has 0 aliphatic rings. The summed E-state index contributed by atoms with van der Waals surface area (Å²) in [6.07, 6.45) is 2.96. The molecule has 1 aromatic carbocycles. The van der Waals surface area contributed by atoms with E-state index in [0.29, 0.717) is 5.92 Å². The molecular weight excluding hydrogens is 239 g/mol. The van der Waals surface area contributed by atoms with E-state index in [1.54, 1.807) is 12.1 Å². The van der Waals surface area contributed by atoms with E-state index in [9.17, 15) is 4.39 Å². The Morgan fingerprint density at radius 1 is 1.47 bits per heavy atom. The predicted octanol–water partition coefficient (Wildman–Crippen LogP) is 3.74. The predicted molar refractivity (Wildman–Crippen MR) is 77.1 cm³/mol. The van der Waals surface area contributed by atoms with Crippen LogP contribution in [0.25, 0.3) is 6.08 Å². The number of rotatable bonds is 6. The van der Waals surface area contributed by atoms with Crippen LogP contribution in [0, 0.1) is 23.1 Å². The molecule has 0 aliphatic heterocycles. The quantitative estimate of drug-likeness (QED) is 0.845. The standard InChI is InChI=1S/C16H21FN2/c1-4-13(11-19-10-12(2)3)7-14-5-6-16(17)15(8-14)9-18/h5-8,12,19H,4,10-11H2,1-3H3/b13-7-. The van der Waals surface area contributed by atoms with E-state index in [0.717, 1.165) is 25.1 Å². The second-order valence-corrected chi connectivity index (χ2v) is 5.03. The van der Waals surface area contributed by atoms with Gasteiger partial charge in [0.25, 0.3) is 0 Å². The highest BCUT2D eigenvalue weighted by Crippen LogP contribution is 2.14. The van der Waals surface area contributed by atoms with Gasteiger partial charge in [0, 0.05) is 6.54 Å². The molecule has 1 N–H and O–H groups in total. The number of hydrogen-bond donors (Lipinski definition) is 1. The summed E-state index contributed by atoms with van der Waals surface area (Å²) in [4.78, 5) is 0. The van der Waals surface area contributed by atoms with Crippen LogP contribution in [-0.4, -0.2) is 13.1 Å². The molecule has 0 saturated carbocycles. The zero-order chi connectivity index (χ0) is 14.3. The number of benzene rings is 1. The molecule has 0 heterocycles. The van der Waals surface area contributed by atoms with Crippen LogP contribution in [0.15, 0.2) is 23.8 Å². The fourth-order valence-electron chi connectivity index (χ4n) is 1.75. The lowest BCUT2D eigenvalue weighted by atomic mass is 10.1. The van der Waals surface area contributed by atoms with Crippen molar-refractivity contribution in [2.24, 2.45) is 5.92 Å². The van der Waals surface area contributed by atoms with Crippen molar-refractivity contribution in [1.82, 2.24) is 5.32 Å². The van der Waals surface area contributed by atoms with Gasteiger partial charge in [-0.25, -0.2) is 4.39 Å². The monoisotopic (exact) mass is 260 g/mol. The maximum absolute atomic E-state index is 13.2. The van der Waals surface area contributed by atoms with Gasteiger partial charge in [-0.1, -0.05) is 38.5 Å². The van der Waals surface area contributed by atoms with Crippen molar-refractivity contribution in [2.75, 3.05) is 13.1 Å². The SMILES string of the molecule is CC/C(=C/c1ccc(F)c(C#N)c1)CNCC(C)C. The molecule has 0 aromatic heterocycles. The van der Waals surface area contributed by atoms with E-state index in [1.165, 1.54) is 11.6 Å². The summed E-state index contributed by atoms with van der Waals surface area (Å²) < 4.78 is 13.2. The first-order valence-electron chi connectivity index (χ1n) is 6.66. The van der Waals surface area contributed by atoms with Crippen LogP contribution < -0.4 is 5.32 Å². The summed E-state index contributed by atoms with van der Waals surface area (Å²) in [5.41, 5.74) is 2.22. The Morgan fingerprint density at radius 3 is 2.79 bits per heavy atom. The zero-order valence-corrected chi connectivity index (χ0v) is 11.8. The second-order valence-electron chi connectivity index (χ2n) is 5.03. The summed E-state index contributed by atoms with van der Waals surface area (Å²) in [6, 6.07) is 6.50. The Hall–Kier alpha value is -1.66. The fourth-order valence-corrected chi connectivity index (χ4v) is 1.75. The van der Waals surface area contributed by atoms with E-state index in [-0.39, 0.29) is 5.56 Å². The van der Waals surface area contributed by atoms with Gasteiger partial charge < -0.3 is 5.32 Å².